The topological polar surface area (TPSA) is 38.7 Å². The zero-order valence-electron chi connectivity index (χ0n) is 14.2. The van der Waals surface area contributed by atoms with E-state index in [2.05, 4.69) is 6.92 Å². The van der Waals surface area contributed by atoms with Gasteiger partial charge in [0.2, 0.25) is 8.32 Å². The molecule has 4 heteroatoms. The highest BCUT2D eigenvalue weighted by Gasteiger charge is 2.50. The minimum Gasteiger partial charge on any atom is -0.427 e. The van der Waals surface area contributed by atoms with Crippen molar-refractivity contribution in [1.82, 2.24) is 0 Å². The van der Waals surface area contributed by atoms with Gasteiger partial charge in [-0.05, 0) is 45.2 Å². The van der Waals surface area contributed by atoms with E-state index in [4.69, 9.17) is 9.47 Å². The Kier molecular flexibility index (Phi) is 6.30. The molecule has 0 unspecified atom stereocenters. The summed E-state index contributed by atoms with van der Waals surface area (Å²) < 4.78 is 13.0. The fourth-order valence-electron chi connectivity index (χ4n) is 3.82. The Hall–Kier alpha value is 0.0969. The molecule has 0 atom stereocenters. The van der Waals surface area contributed by atoms with Crippen molar-refractivity contribution in [2.24, 2.45) is 0 Å². The van der Waals surface area contributed by atoms with E-state index >= 15 is 0 Å². The van der Waals surface area contributed by atoms with Crippen molar-refractivity contribution in [3.05, 3.63) is 0 Å². The SMILES string of the molecule is CCC(OC1CCCCC1)(OC1CCCCC1)[Si](C)(C)O. The van der Waals surface area contributed by atoms with Gasteiger partial charge in [0, 0.05) is 0 Å². The third-order valence-corrected chi connectivity index (χ3v) is 7.67. The molecule has 0 spiro atoms. The first kappa shape index (κ1) is 17.5. The van der Waals surface area contributed by atoms with Crippen molar-refractivity contribution in [2.75, 3.05) is 0 Å². The molecule has 0 saturated heterocycles. The smallest absolute Gasteiger partial charge is 0.247 e. The molecule has 0 radical (unpaired) electrons. The van der Waals surface area contributed by atoms with Crippen LogP contribution in [0.3, 0.4) is 0 Å². The lowest BCUT2D eigenvalue weighted by Crippen LogP contribution is -2.61. The van der Waals surface area contributed by atoms with E-state index in [0.717, 1.165) is 32.1 Å². The summed E-state index contributed by atoms with van der Waals surface area (Å²) in [4.78, 5) is 10.9. The second-order valence-corrected chi connectivity index (χ2v) is 11.3. The molecular formula is C17H34O3Si. The van der Waals surface area contributed by atoms with Gasteiger partial charge < -0.3 is 14.3 Å². The van der Waals surface area contributed by atoms with E-state index in [1.807, 2.05) is 13.1 Å². The van der Waals surface area contributed by atoms with Gasteiger partial charge >= 0.3 is 0 Å². The van der Waals surface area contributed by atoms with Gasteiger partial charge in [-0.25, -0.2) is 0 Å². The minimum atomic E-state index is -2.55. The zero-order chi connectivity index (χ0) is 15.3. The summed E-state index contributed by atoms with van der Waals surface area (Å²) in [5.74, 6) is 0. The third-order valence-electron chi connectivity index (χ3n) is 5.22. The quantitative estimate of drug-likeness (QED) is 0.578. The molecule has 2 saturated carbocycles. The minimum absolute atomic E-state index is 0.279. The van der Waals surface area contributed by atoms with Crippen molar-refractivity contribution in [2.45, 2.75) is 108 Å². The Bertz CT molecular complexity index is 282. The molecule has 0 aromatic carbocycles. The van der Waals surface area contributed by atoms with Gasteiger partial charge in [-0.3, -0.25) is 0 Å². The average Bonchev–Trinajstić information content (AvgIpc) is 2.47. The highest BCUT2D eigenvalue weighted by molar-refractivity contribution is 6.72. The monoisotopic (exact) mass is 314 g/mol. The standard InChI is InChI=1S/C17H34O3Si/c1-4-17(21(2,3)18,19-15-11-7-5-8-12-15)20-16-13-9-6-10-14-16/h15-16,18H,4-14H2,1-3H3. The van der Waals surface area contributed by atoms with Crippen LogP contribution in [0.1, 0.15) is 77.6 Å². The lowest BCUT2D eigenvalue weighted by atomic mass is 9.97. The summed E-state index contributed by atoms with van der Waals surface area (Å²) in [7, 11) is -2.55. The van der Waals surface area contributed by atoms with Crippen LogP contribution >= 0.6 is 0 Å². The molecular weight excluding hydrogens is 280 g/mol. The molecule has 0 aliphatic heterocycles. The van der Waals surface area contributed by atoms with Gasteiger partial charge in [0.1, 0.15) is 0 Å². The highest BCUT2D eigenvalue weighted by atomic mass is 28.4. The summed E-state index contributed by atoms with van der Waals surface area (Å²) in [6.07, 6.45) is 13.5. The Labute approximate surface area is 131 Å². The summed E-state index contributed by atoms with van der Waals surface area (Å²) in [6.45, 7) is 6.06. The number of hydrogen-bond acceptors (Lipinski definition) is 3. The Morgan fingerprint density at radius 3 is 1.52 bits per heavy atom. The van der Waals surface area contributed by atoms with Gasteiger partial charge in [-0.2, -0.15) is 0 Å². The summed E-state index contributed by atoms with van der Waals surface area (Å²) >= 11 is 0. The van der Waals surface area contributed by atoms with Crippen molar-refractivity contribution in [3.8, 4) is 0 Å². The van der Waals surface area contributed by atoms with E-state index in [-0.39, 0.29) is 12.2 Å². The highest BCUT2D eigenvalue weighted by Crippen LogP contribution is 2.37. The van der Waals surface area contributed by atoms with Crippen LogP contribution in [0.5, 0.6) is 0 Å². The summed E-state index contributed by atoms with van der Waals surface area (Å²) in [5.41, 5.74) is -0.711. The van der Waals surface area contributed by atoms with Crippen LogP contribution in [0.4, 0.5) is 0 Å². The van der Waals surface area contributed by atoms with E-state index in [9.17, 15) is 4.80 Å². The average molecular weight is 315 g/mol. The Morgan fingerprint density at radius 2 is 1.24 bits per heavy atom. The lowest BCUT2D eigenvalue weighted by molar-refractivity contribution is -0.248. The lowest BCUT2D eigenvalue weighted by Gasteiger charge is -2.46. The van der Waals surface area contributed by atoms with Gasteiger partial charge in [-0.15, -0.1) is 0 Å². The summed E-state index contributed by atoms with van der Waals surface area (Å²) in [5, 5.41) is 0. The Balaban J connectivity index is 2.07. The normalized spacial score (nSPS) is 23.4. The van der Waals surface area contributed by atoms with Crippen molar-refractivity contribution < 1.29 is 14.3 Å². The number of rotatable bonds is 6. The first-order valence-electron chi connectivity index (χ1n) is 9.05. The van der Waals surface area contributed by atoms with Gasteiger partial charge in [-0.1, -0.05) is 45.4 Å². The third kappa shape index (κ3) is 4.53. The Morgan fingerprint density at radius 1 is 0.857 bits per heavy atom. The van der Waals surface area contributed by atoms with Crippen molar-refractivity contribution in [3.63, 3.8) is 0 Å². The molecule has 1 N–H and O–H groups in total. The van der Waals surface area contributed by atoms with Crippen LogP contribution < -0.4 is 0 Å². The maximum atomic E-state index is 10.9. The molecule has 0 heterocycles. The molecule has 21 heavy (non-hydrogen) atoms. The molecule has 3 nitrogen and oxygen atoms in total. The number of hydrogen-bond donors (Lipinski definition) is 1. The number of ether oxygens (including phenoxy) is 2. The van der Waals surface area contributed by atoms with Crippen molar-refractivity contribution in [1.29, 1.82) is 0 Å². The molecule has 0 amide bonds. The molecule has 0 bridgehead atoms. The fourth-order valence-corrected chi connectivity index (χ4v) is 5.60. The molecule has 2 aliphatic carbocycles. The predicted molar refractivity (Wildman–Crippen MR) is 88.6 cm³/mol. The van der Waals surface area contributed by atoms with Gasteiger partial charge in [0.05, 0.1) is 12.2 Å². The maximum Gasteiger partial charge on any atom is 0.247 e. The van der Waals surface area contributed by atoms with Crippen LogP contribution in [-0.4, -0.2) is 30.7 Å². The van der Waals surface area contributed by atoms with Crippen LogP contribution in [-0.2, 0) is 9.47 Å². The van der Waals surface area contributed by atoms with E-state index in [1.165, 1.54) is 38.5 Å². The largest absolute Gasteiger partial charge is 0.427 e. The summed E-state index contributed by atoms with van der Waals surface area (Å²) in [6, 6.07) is 0. The predicted octanol–water partition coefficient (Wildman–Crippen LogP) is 4.53. The first-order chi connectivity index (χ1) is 9.97. The molecule has 2 aliphatic rings. The van der Waals surface area contributed by atoms with Crippen LogP contribution in [0.15, 0.2) is 0 Å². The molecule has 2 rings (SSSR count). The van der Waals surface area contributed by atoms with Gasteiger partial charge in [0.25, 0.3) is 0 Å². The molecule has 0 aromatic rings. The van der Waals surface area contributed by atoms with Crippen molar-refractivity contribution >= 4 is 8.32 Å². The fraction of sp³-hybridized carbons (Fsp3) is 1.00. The molecule has 124 valence electrons. The molecule has 2 fully saturated rings. The van der Waals surface area contributed by atoms with Crippen LogP contribution in [0.2, 0.25) is 13.1 Å². The van der Waals surface area contributed by atoms with Crippen LogP contribution in [0, 0.1) is 0 Å². The maximum absolute atomic E-state index is 10.9. The first-order valence-corrected chi connectivity index (χ1v) is 12.0. The van der Waals surface area contributed by atoms with E-state index in [0.29, 0.717) is 0 Å². The van der Waals surface area contributed by atoms with E-state index < -0.39 is 13.7 Å². The zero-order valence-corrected chi connectivity index (χ0v) is 15.2. The second kappa shape index (κ2) is 7.58. The van der Waals surface area contributed by atoms with Gasteiger partial charge in [0.15, 0.2) is 5.41 Å². The van der Waals surface area contributed by atoms with Crippen LogP contribution in [0.25, 0.3) is 0 Å². The van der Waals surface area contributed by atoms with E-state index in [1.54, 1.807) is 0 Å². The second-order valence-electron chi connectivity index (χ2n) is 7.42. The molecule has 0 aromatic heterocycles.